The summed E-state index contributed by atoms with van der Waals surface area (Å²) in [5, 5.41) is 3.69. The van der Waals surface area contributed by atoms with Gasteiger partial charge in [0.2, 0.25) is 5.91 Å². The van der Waals surface area contributed by atoms with Gasteiger partial charge in [-0.2, -0.15) is 0 Å². The molecule has 27 heavy (non-hydrogen) atoms. The zero-order valence-electron chi connectivity index (χ0n) is 15.7. The lowest BCUT2D eigenvalue weighted by molar-refractivity contribution is -0.125. The van der Waals surface area contributed by atoms with Crippen molar-refractivity contribution >= 4 is 22.5 Å². The van der Waals surface area contributed by atoms with Crippen LogP contribution in [0.4, 0.5) is 5.69 Å². The second-order valence-corrected chi connectivity index (χ2v) is 7.20. The molecule has 1 aliphatic carbocycles. The smallest absolute Gasteiger partial charge is 0.222 e. The molecular formula is C20H26N4O3. The molecule has 1 aliphatic heterocycles. The minimum Gasteiger partial charge on any atom is -0.490 e. The molecule has 4 rings (SSSR count). The Labute approximate surface area is 159 Å². The molecule has 0 radical (unpaired) electrons. The zero-order valence-corrected chi connectivity index (χ0v) is 15.7. The van der Waals surface area contributed by atoms with Crippen molar-refractivity contribution in [3.05, 3.63) is 24.7 Å². The zero-order chi connectivity index (χ0) is 18.6. The number of hydrogen-bond donors (Lipinski definition) is 1. The highest BCUT2D eigenvalue weighted by atomic mass is 16.5. The maximum absolute atomic E-state index is 11.8. The number of amides is 1. The fraction of sp³-hybridized carbons (Fsp3) is 0.550. The van der Waals surface area contributed by atoms with E-state index in [-0.39, 0.29) is 17.9 Å². The molecule has 1 aromatic carbocycles. The molecule has 1 N–H and O–H groups in total. The van der Waals surface area contributed by atoms with Crippen molar-refractivity contribution in [1.82, 2.24) is 15.3 Å². The summed E-state index contributed by atoms with van der Waals surface area (Å²) >= 11 is 0. The second-order valence-electron chi connectivity index (χ2n) is 7.20. The number of fused-ring (bicyclic) bond motifs is 1. The SMILES string of the molecule is CNC(=O)C1CCC(Oc2cc(N3CCOCC3)cc3ncncc23)CC1. The second kappa shape index (κ2) is 8.08. The Balaban J connectivity index is 1.54. The molecule has 0 bridgehead atoms. The predicted molar refractivity (Wildman–Crippen MR) is 103 cm³/mol. The number of aromatic nitrogens is 2. The third kappa shape index (κ3) is 3.98. The number of nitrogens with zero attached hydrogens (tertiary/aromatic N) is 3. The van der Waals surface area contributed by atoms with E-state index >= 15 is 0 Å². The van der Waals surface area contributed by atoms with Crippen LogP contribution in [0.15, 0.2) is 24.7 Å². The van der Waals surface area contributed by atoms with Crippen LogP contribution in [-0.2, 0) is 9.53 Å². The van der Waals surface area contributed by atoms with Crippen LogP contribution in [0.2, 0.25) is 0 Å². The minimum absolute atomic E-state index is 0.106. The third-order valence-electron chi connectivity index (χ3n) is 5.53. The van der Waals surface area contributed by atoms with Gasteiger partial charge in [0, 0.05) is 44.0 Å². The number of ether oxygens (including phenoxy) is 2. The number of nitrogens with one attached hydrogen (secondary N) is 1. The van der Waals surface area contributed by atoms with Gasteiger partial charge in [-0.3, -0.25) is 4.79 Å². The highest BCUT2D eigenvalue weighted by Gasteiger charge is 2.27. The van der Waals surface area contributed by atoms with Crippen molar-refractivity contribution in [3.8, 4) is 5.75 Å². The van der Waals surface area contributed by atoms with Gasteiger partial charge in [-0.25, -0.2) is 9.97 Å². The number of carbonyl (C=O) groups is 1. The van der Waals surface area contributed by atoms with Gasteiger partial charge in [-0.1, -0.05) is 0 Å². The molecule has 1 saturated carbocycles. The predicted octanol–water partition coefficient (Wildman–Crippen LogP) is 2.15. The highest BCUT2D eigenvalue weighted by Crippen LogP contribution is 2.34. The van der Waals surface area contributed by atoms with Crippen LogP contribution in [0.25, 0.3) is 10.9 Å². The fourth-order valence-corrected chi connectivity index (χ4v) is 3.97. The first-order valence-electron chi connectivity index (χ1n) is 9.69. The molecule has 2 aliphatic rings. The molecule has 2 heterocycles. The maximum Gasteiger partial charge on any atom is 0.222 e. The summed E-state index contributed by atoms with van der Waals surface area (Å²) in [7, 11) is 1.70. The lowest BCUT2D eigenvalue weighted by Gasteiger charge is -2.31. The van der Waals surface area contributed by atoms with Crippen molar-refractivity contribution in [3.63, 3.8) is 0 Å². The molecule has 0 atom stereocenters. The third-order valence-corrected chi connectivity index (χ3v) is 5.53. The Morgan fingerprint density at radius 3 is 2.74 bits per heavy atom. The van der Waals surface area contributed by atoms with Gasteiger partial charge < -0.3 is 19.7 Å². The van der Waals surface area contributed by atoms with Crippen LogP contribution < -0.4 is 15.0 Å². The van der Waals surface area contributed by atoms with Crippen molar-refractivity contribution in [2.24, 2.45) is 5.92 Å². The normalized spacial score (nSPS) is 23.2. The van der Waals surface area contributed by atoms with Crippen molar-refractivity contribution < 1.29 is 14.3 Å². The largest absolute Gasteiger partial charge is 0.490 e. The summed E-state index contributed by atoms with van der Waals surface area (Å²) in [6, 6.07) is 4.19. The summed E-state index contributed by atoms with van der Waals surface area (Å²) in [6.45, 7) is 3.21. The number of rotatable bonds is 4. The maximum atomic E-state index is 11.8. The first-order valence-corrected chi connectivity index (χ1v) is 9.69. The van der Waals surface area contributed by atoms with Gasteiger partial charge >= 0.3 is 0 Å². The van der Waals surface area contributed by atoms with Crippen LogP contribution >= 0.6 is 0 Å². The molecular weight excluding hydrogens is 344 g/mol. The van der Waals surface area contributed by atoms with Gasteiger partial charge in [0.05, 0.1) is 30.2 Å². The Bertz CT molecular complexity index is 799. The molecule has 2 aromatic rings. The summed E-state index contributed by atoms with van der Waals surface area (Å²) in [4.78, 5) is 22.8. The van der Waals surface area contributed by atoms with E-state index in [4.69, 9.17) is 9.47 Å². The number of morpholine rings is 1. The van der Waals surface area contributed by atoms with E-state index in [0.717, 1.165) is 74.3 Å². The van der Waals surface area contributed by atoms with E-state index in [0.29, 0.717) is 0 Å². The standard InChI is InChI=1S/C20H26N4O3/c1-21-20(25)14-2-4-16(5-3-14)27-19-11-15(24-6-8-26-9-7-24)10-18-17(19)12-22-13-23-18/h10-14,16H,2-9H2,1H3,(H,21,25). The Morgan fingerprint density at radius 2 is 2.00 bits per heavy atom. The van der Waals surface area contributed by atoms with E-state index in [1.165, 1.54) is 0 Å². The van der Waals surface area contributed by atoms with Crippen LogP contribution in [0.3, 0.4) is 0 Å². The molecule has 1 amide bonds. The Morgan fingerprint density at radius 1 is 1.22 bits per heavy atom. The van der Waals surface area contributed by atoms with Crippen molar-refractivity contribution in [2.75, 3.05) is 38.3 Å². The van der Waals surface area contributed by atoms with Gasteiger partial charge in [0.1, 0.15) is 12.1 Å². The Hall–Kier alpha value is -2.41. The number of hydrogen-bond acceptors (Lipinski definition) is 6. The summed E-state index contributed by atoms with van der Waals surface area (Å²) in [5.41, 5.74) is 2.00. The summed E-state index contributed by atoms with van der Waals surface area (Å²) in [6.07, 6.45) is 7.00. The van der Waals surface area contributed by atoms with Crippen LogP contribution in [0.1, 0.15) is 25.7 Å². The summed E-state index contributed by atoms with van der Waals surface area (Å²) in [5.74, 6) is 1.08. The van der Waals surface area contributed by atoms with Crippen LogP contribution in [0.5, 0.6) is 5.75 Å². The Kier molecular flexibility index (Phi) is 5.38. The highest BCUT2D eigenvalue weighted by molar-refractivity contribution is 5.88. The molecule has 0 unspecified atom stereocenters. The molecule has 2 fully saturated rings. The molecule has 1 aromatic heterocycles. The lowest BCUT2D eigenvalue weighted by Crippen LogP contribution is -2.36. The topological polar surface area (TPSA) is 76.6 Å². The molecule has 7 nitrogen and oxygen atoms in total. The van der Waals surface area contributed by atoms with Gasteiger partial charge in [-0.15, -0.1) is 0 Å². The first-order chi connectivity index (χ1) is 13.2. The van der Waals surface area contributed by atoms with E-state index in [2.05, 4.69) is 32.3 Å². The monoisotopic (exact) mass is 370 g/mol. The molecule has 7 heteroatoms. The quantitative estimate of drug-likeness (QED) is 0.889. The first kappa shape index (κ1) is 18.0. The van der Waals surface area contributed by atoms with Crippen LogP contribution in [0, 0.1) is 5.92 Å². The number of carbonyl (C=O) groups excluding carboxylic acids is 1. The van der Waals surface area contributed by atoms with E-state index < -0.39 is 0 Å². The average molecular weight is 370 g/mol. The molecule has 1 saturated heterocycles. The summed E-state index contributed by atoms with van der Waals surface area (Å²) < 4.78 is 11.9. The van der Waals surface area contributed by atoms with Crippen LogP contribution in [-0.4, -0.2) is 55.3 Å². The van der Waals surface area contributed by atoms with Crippen molar-refractivity contribution in [1.29, 1.82) is 0 Å². The lowest BCUT2D eigenvalue weighted by atomic mass is 9.87. The van der Waals surface area contributed by atoms with Gasteiger partial charge in [-0.05, 0) is 31.7 Å². The molecule has 144 valence electrons. The van der Waals surface area contributed by atoms with E-state index in [9.17, 15) is 4.79 Å². The number of benzene rings is 1. The minimum atomic E-state index is 0.106. The van der Waals surface area contributed by atoms with Gasteiger partial charge in [0.25, 0.3) is 0 Å². The van der Waals surface area contributed by atoms with Gasteiger partial charge in [0.15, 0.2) is 0 Å². The van der Waals surface area contributed by atoms with E-state index in [1.54, 1.807) is 13.4 Å². The van der Waals surface area contributed by atoms with E-state index in [1.807, 2.05) is 6.20 Å². The van der Waals surface area contributed by atoms with Crippen molar-refractivity contribution in [2.45, 2.75) is 31.8 Å². The molecule has 0 spiro atoms. The fourth-order valence-electron chi connectivity index (χ4n) is 3.97. The number of anilines is 1. The average Bonchev–Trinajstić information content (AvgIpc) is 2.74.